The molecule has 210 valence electrons. The summed E-state index contributed by atoms with van der Waals surface area (Å²) in [4.78, 5) is 47.5. The third kappa shape index (κ3) is 4.15. The lowest BCUT2D eigenvalue weighted by Gasteiger charge is -2.35. The molecule has 1 aliphatic heterocycles. The average molecular weight is 562 g/mol. The number of pyridine rings is 1. The highest BCUT2D eigenvalue weighted by atomic mass is 16.5. The number of benzene rings is 2. The van der Waals surface area contributed by atoms with E-state index in [0.717, 1.165) is 22.7 Å². The van der Waals surface area contributed by atoms with Gasteiger partial charge in [0.1, 0.15) is 17.9 Å². The number of anilines is 1. The van der Waals surface area contributed by atoms with Gasteiger partial charge in [0.2, 0.25) is 5.95 Å². The molecule has 0 aliphatic carbocycles. The van der Waals surface area contributed by atoms with Gasteiger partial charge in [0.15, 0.2) is 5.82 Å². The van der Waals surface area contributed by atoms with Crippen molar-refractivity contribution in [1.29, 1.82) is 0 Å². The Morgan fingerprint density at radius 3 is 2.45 bits per heavy atom. The number of rotatable bonds is 6. The van der Waals surface area contributed by atoms with Crippen molar-refractivity contribution in [3.05, 3.63) is 84.7 Å². The van der Waals surface area contributed by atoms with Crippen LogP contribution >= 0.6 is 0 Å². The van der Waals surface area contributed by atoms with Gasteiger partial charge in [0.25, 0.3) is 11.7 Å². The maximum Gasteiger partial charge on any atom is 0.295 e. The second kappa shape index (κ2) is 10.1. The molecular formula is C30H27N9O3. The smallest absolute Gasteiger partial charge is 0.295 e. The van der Waals surface area contributed by atoms with E-state index < -0.39 is 11.7 Å². The van der Waals surface area contributed by atoms with Crippen LogP contribution in [-0.4, -0.2) is 84.2 Å². The number of hydrogen-bond donors (Lipinski definition) is 1. The summed E-state index contributed by atoms with van der Waals surface area (Å²) in [6.45, 7) is 3.61. The highest BCUT2D eigenvalue weighted by molar-refractivity contribution is 6.45. The zero-order valence-corrected chi connectivity index (χ0v) is 23.1. The second-order valence-corrected chi connectivity index (χ2v) is 10.0. The predicted molar refractivity (Wildman–Crippen MR) is 156 cm³/mol. The van der Waals surface area contributed by atoms with Crippen LogP contribution in [0.2, 0.25) is 0 Å². The molecule has 1 N–H and O–H groups in total. The van der Waals surface area contributed by atoms with E-state index in [-0.39, 0.29) is 5.56 Å². The number of ether oxygens (including phenoxy) is 1. The molecule has 0 radical (unpaired) electrons. The molecule has 0 atom stereocenters. The molecule has 0 saturated carbocycles. The highest BCUT2D eigenvalue weighted by Gasteiger charge is 2.31. The van der Waals surface area contributed by atoms with Gasteiger partial charge in [-0.05, 0) is 31.2 Å². The van der Waals surface area contributed by atoms with Gasteiger partial charge >= 0.3 is 0 Å². The number of amides is 1. The van der Waals surface area contributed by atoms with Crippen LogP contribution in [0.5, 0.6) is 5.75 Å². The Hall–Kier alpha value is -5.52. The Morgan fingerprint density at radius 2 is 1.71 bits per heavy atom. The fraction of sp³-hybridized carbons (Fsp3) is 0.200. The lowest BCUT2D eigenvalue weighted by molar-refractivity contribution is -0.126. The van der Waals surface area contributed by atoms with E-state index in [1.54, 1.807) is 18.2 Å². The number of para-hydroxylation sites is 3. The number of carbonyl (C=O) groups excluding carboxylic acids is 2. The Balaban J connectivity index is 1.15. The fourth-order valence-electron chi connectivity index (χ4n) is 5.49. The summed E-state index contributed by atoms with van der Waals surface area (Å²) in [5, 5.41) is 4.81. The van der Waals surface area contributed by atoms with Crippen molar-refractivity contribution in [3.8, 4) is 17.3 Å². The number of aromatic amines is 1. The monoisotopic (exact) mass is 561 g/mol. The van der Waals surface area contributed by atoms with Crippen molar-refractivity contribution in [2.75, 3.05) is 38.2 Å². The molecule has 1 aliphatic rings. The van der Waals surface area contributed by atoms with Crippen LogP contribution in [0, 0.1) is 6.92 Å². The van der Waals surface area contributed by atoms with Gasteiger partial charge in [0, 0.05) is 38.1 Å². The van der Waals surface area contributed by atoms with Crippen LogP contribution in [0.3, 0.4) is 0 Å². The minimum atomic E-state index is -0.614. The quantitative estimate of drug-likeness (QED) is 0.242. The molecule has 12 nitrogen and oxygen atoms in total. The van der Waals surface area contributed by atoms with E-state index in [1.807, 2.05) is 36.4 Å². The summed E-state index contributed by atoms with van der Waals surface area (Å²) >= 11 is 0. The zero-order chi connectivity index (χ0) is 28.8. The molecule has 0 spiro atoms. The van der Waals surface area contributed by atoms with Crippen LogP contribution < -0.4 is 9.64 Å². The first-order valence-electron chi connectivity index (χ1n) is 13.6. The number of nitrogens with one attached hydrogen (secondary N) is 1. The fourth-order valence-corrected chi connectivity index (χ4v) is 5.49. The van der Waals surface area contributed by atoms with Crippen LogP contribution in [0.15, 0.2) is 73.3 Å². The second-order valence-electron chi connectivity index (χ2n) is 10.0. The number of nitrogens with zero attached hydrogens (tertiary/aromatic N) is 8. The van der Waals surface area contributed by atoms with Crippen molar-refractivity contribution in [2.24, 2.45) is 0 Å². The third-order valence-corrected chi connectivity index (χ3v) is 7.54. The average Bonchev–Trinajstić information content (AvgIpc) is 3.77. The number of Topliss-reactive ketones (excluding diaryl/α,β-unsaturated/α-hetero) is 1. The SMILES string of the molecule is COc1cnc(-n2cnc(C)n2)c2[nH]cc(C(=O)C(=O)N3CCN(c4nc5ccccc5n4-c4ccccc4)CC3)c12. The molecule has 2 aromatic carbocycles. The molecule has 1 amide bonds. The molecule has 0 bridgehead atoms. The maximum absolute atomic E-state index is 13.6. The van der Waals surface area contributed by atoms with E-state index in [4.69, 9.17) is 9.72 Å². The topological polar surface area (TPSA) is 127 Å². The highest BCUT2D eigenvalue weighted by Crippen LogP contribution is 2.32. The summed E-state index contributed by atoms with van der Waals surface area (Å²) in [6.07, 6.45) is 4.59. The molecule has 0 unspecified atom stereocenters. The number of fused-ring (bicyclic) bond motifs is 2. The number of methoxy groups -OCH3 is 1. The normalized spacial score (nSPS) is 13.7. The standard InChI is InChI=1S/C30H27N9O3/c1-19-33-18-38(35-19)28-26-25(24(42-2)17-32-28)21(16-31-26)27(40)29(41)36-12-14-37(15-13-36)30-34-22-10-6-7-11-23(22)39(30)20-8-4-3-5-9-20/h3-11,16-18,31H,12-15H2,1-2H3. The summed E-state index contributed by atoms with van der Waals surface area (Å²) in [6, 6.07) is 18.1. The molecular weight excluding hydrogens is 534 g/mol. The van der Waals surface area contributed by atoms with Crippen LogP contribution in [-0.2, 0) is 4.79 Å². The van der Waals surface area contributed by atoms with Gasteiger partial charge in [-0.25, -0.2) is 19.6 Å². The molecule has 5 heterocycles. The largest absolute Gasteiger partial charge is 0.494 e. The molecule has 1 saturated heterocycles. The number of aromatic nitrogens is 7. The van der Waals surface area contributed by atoms with E-state index in [1.165, 1.54) is 24.2 Å². The minimum absolute atomic E-state index is 0.223. The first-order chi connectivity index (χ1) is 20.5. The zero-order valence-electron chi connectivity index (χ0n) is 23.1. The molecule has 4 aromatic heterocycles. The summed E-state index contributed by atoms with van der Waals surface area (Å²) in [5.74, 6) is 1.05. The first kappa shape index (κ1) is 25.4. The molecule has 42 heavy (non-hydrogen) atoms. The molecule has 1 fully saturated rings. The van der Waals surface area contributed by atoms with Crippen LogP contribution in [0.1, 0.15) is 16.2 Å². The van der Waals surface area contributed by atoms with Crippen molar-refractivity contribution >= 4 is 39.6 Å². The summed E-state index contributed by atoms with van der Waals surface area (Å²) in [5.41, 5.74) is 3.67. The Labute approximate surface area is 240 Å². The van der Waals surface area contributed by atoms with Gasteiger partial charge in [0.05, 0.1) is 40.8 Å². The Morgan fingerprint density at radius 1 is 0.952 bits per heavy atom. The lowest BCUT2D eigenvalue weighted by Crippen LogP contribution is -2.51. The third-order valence-electron chi connectivity index (χ3n) is 7.54. The molecule has 12 heteroatoms. The summed E-state index contributed by atoms with van der Waals surface area (Å²) < 4.78 is 9.17. The number of ketones is 1. The number of H-pyrrole nitrogens is 1. The van der Waals surface area contributed by atoms with Crippen molar-refractivity contribution in [2.45, 2.75) is 6.92 Å². The van der Waals surface area contributed by atoms with E-state index in [2.05, 4.69) is 47.7 Å². The van der Waals surface area contributed by atoms with Gasteiger partial charge in [-0.15, -0.1) is 0 Å². The van der Waals surface area contributed by atoms with E-state index in [9.17, 15) is 9.59 Å². The molecule has 6 aromatic rings. The first-order valence-corrected chi connectivity index (χ1v) is 13.6. The van der Waals surface area contributed by atoms with Crippen molar-refractivity contribution in [1.82, 2.24) is 39.2 Å². The van der Waals surface area contributed by atoms with Crippen LogP contribution in [0.4, 0.5) is 5.95 Å². The number of hydrogen-bond acceptors (Lipinski definition) is 8. The number of piperazine rings is 1. The number of imidazole rings is 1. The van der Waals surface area contributed by atoms with E-state index in [0.29, 0.717) is 54.5 Å². The Kier molecular flexibility index (Phi) is 6.15. The molecule has 7 rings (SSSR count). The Bertz CT molecular complexity index is 1950. The van der Waals surface area contributed by atoms with E-state index >= 15 is 0 Å². The van der Waals surface area contributed by atoms with Crippen molar-refractivity contribution in [3.63, 3.8) is 0 Å². The van der Waals surface area contributed by atoms with Gasteiger partial charge in [-0.2, -0.15) is 5.10 Å². The minimum Gasteiger partial charge on any atom is -0.494 e. The maximum atomic E-state index is 13.6. The number of carbonyl (C=O) groups is 2. The van der Waals surface area contributed by atoms with Gasteiger partial charge < -0.3 is 19.5 Å². The predicted octanol–water partition coefficient (Wildman–Crippen LogP) is 3.33. The van der Waals surface area contributed by atoms with Gasteiger partial charge in [-0.3, -0.25) is 14.2 Å². The van der Waals surface area contributed by atoms with Gasteiger partial charge in [-0.1, -0.05) is 30.3 Å². The number of aryl methyl sites for hydroxylation is 1. The van der Waals surface area contributed by atoms with Crippen LogP contribution in [0.25, 0.3) is 33.4 Å². The summed E-state index contributed by atoms with van der Waals surface area (Å²) in [7, 11) is 1.50. The lowest BCUT2D eigenvalue weighted by atomic mass is 10.1. The van der Waals surface area contributed by atoms with Crippen molar-refractivity contribution < 1.29 is 14.3 Å².